The van der Waals surface area contributed by atoms with Gasteiger partial charge in [0.25, 0.3) is 0 Å². The van der Waals surface area contributed by atoms with Gasteiger partial charge in [-0.05, 0) is 38.5 Å². The maximum atomic E-state index is 13.6. The van der Waals surface area contributed by atoms with Crippen molar-refractivity contribution in [3.05, 3.63) is 0 Å². The summed E-state index contributed by atoms with van der Waals surface area (Å²) in [6.07, 6.45) is 21.0. The highest BCUT2D eigenvalue weighted by molar-refractivity contribution is 5.91. The van der Waals surface area contributed by atoms with E-state index in [9.17, 15) is 4.79 Å². The second-order valence-corrected chi connectivity index (χ2v) is 11.7. The first-order chi connectivity index (χ1) is 20.1. The van der Waals surface area contributed by atoms with Gasteiger partial charge in [0, 0.05) is 39.1 Å². The van der Waals surface area contributed by atoms with Crippen molar-refractivity contribution in [3.8, 4) is 0 Å². The molecule has 0 N–H and O–H groups in total. The van der Waals surface area contributed by atoms with Crippen LogP contribution in [0.15, 0.2) is 0 Å². The largest absolute Gasteiger partial charge is 0.341 e. The molecule has 7 nitrogen and oxygen atoms in total. The molecule has 0 fully saturated rings. The van der Waals surface area contributed by atoms with Crippen molar-refractivity contribution < 1.29 is 4.79 Å². The van der Waals surface area contributed by atoms with Crippen LogP contribution in [0.25, 0.3) is 0 Å². The molecule has 0 radical (unpaired) electrons. The van der Waals surface area contributed by atoms with E-state index in [1.807, 2.05) is 4.90 Å². The Morgan fingerprint density at radius 3 is 1.12 bits per heavy atom. The quantitative estimate of drug-likeness (QED) is 0.0975. The van der Waals surface area contributed by atoms with E-state index in [1.54, 1.807) is 0 Å². The third-order valence-electron chi connectivity index (χ3n) is 7.81. The van der Waals surface area contributed by atoms with Crippen molar-refractivity contribution >= 4 is 23.8 Å². The molecule has 0 saturated heterocycles. The summed E-state index contributed by atoms with van der Waals surface area (Å²) in [5.74, 6) is 2.24. The Labute approximate surface area is 254 Å². The summed E-state index contributed by atoms with van der Waals surface area (Å²) in [5, 5.41) is 0. The normalized spacial score (nSPS) is 11.2. The molecule has 7 heteroatoms. The topological polar surface area (TPSA) is 65.5 Å². The lowest BCUT2D eigenvalue weighted by Crippen LogP contribution is -2.36. The number of rotatable bonds is 27. The molecule has 1 aromatic heterocycles. The first-order valence-corrected chi connectivity index (χ1v) is 17.6. The second kappa shape index (κ2) is 24.7. The summed E-state index contributed by atoms with van der Waals surface area (Å²) < 4.78 is 0. The molecule has 41 heavy (non-hydrogen) atoms. The van der Waals surface area contributed by atoms with Crippen LogP contribution >= 0.6 is 0 Å². The fourth-order valence-corrected chi connectivity index (χ4v) is 5.10. The molecule has 0 aliphatic heterocycles. The zero-order chi connectivity index (χ0) is 30.1. The van der Waals surface area contributed by atoms with E-state index in [0.717, 1.165) is 102 Å². The minimum Gasteiger partial charge on any atom is -0.341 e. The van der Waals surface area contributed by atoms with Crippen LogP contribution in [0.4, 0.5) is 17.8 Å². The summed E-state index contributed by atoms with van der Waals surface area (Å²) in [6, 6.07) is 0. The van der Waals surface area contributed by atoms with Gasteiger partial charge in [-0.2, -0.15) is 15.0 Å². The summed E-state index contributed by atoms with van der Waals surface area (Å²) in [6.45, 7) is 17.9. The van der Waals surface area contributed by atoms with E-state index in [4.69, 9.17) is 15.0 Å². The fraction of sp³-hybridized carbons (Fsp3) is 0.882. The smallest absolute Gasteiger partial charge is 0.238 e. The highest BCUT2D eigenvalue weighted by atomic mass is 16.2. The first kappa shape index (κ1) is 37.1. The molecule has 238 valence electrons. The zero-order valence-corrected chi connectivity index (χ0v) is 28.1. The lowest BCUT2D eigenvalue weighted by atomic mass is 10.2. The second-order valence-electron chi connectivity index (χ2n) is 11.7. The van der Waals surface area contributed by atoms with Gasteiger partial charge in [0.1, 0.15) is 0 Å². The summed E-state index contributed by atoms with van der Waals surface area (Å²) >= 11 is 0. The van der Waals surface area contributed by atoms with Crippen LogP contribution in [0, 0.1) is 0 Å². The molecular weight excluding hydrogens is 508 g/mol. The van der Waals surface area contributed by atoms with Crippen molar-refractivity contribution in [3.63, 3.8) is 0 Å². The van der Waals surface area contributed by atoms with Crippen molar-refractivity contribution in [2.75, 3.05) is 47.4 Å². The summed E-state index contributed by atoms with van der Waals surface area (Å²) in [4.78, 5) is 35.6. The molecule has 0 aliphatic rings. The van der Waals surface area contributed by atoms with Crippen LogP contribution in [-0.4, -0.2) is 53.6 Å². The summed E-state index contributed by atoms with van der Waals surface area (Å²) in [5.41, 5.74) is 0. The van der Waals surface area contributed by atoms with Gasteiger partial charge >= 0.3 is 0 Å². The SMILES string of the molecule is CCCCCC(=O)N(CCCCC)c1nc(N(CCCCC)CCCCC)nc(N(CCCCC)CCCCC)n1. The van der Waals surface area contributed by atoms with E-state index < -0.39 is 0 Å². The number of carbonyl (C=O) groups is 1. The van der Waals surface area contributed by atoms with Gasteiger partial charge in [-0.25, -0.2) is 0 Å². The molecule has 0 unspecified atom stereocenters. The van der Waals surface area contributed by atoms with Crippen LogP contribution in [0.2, 0.25) is 0 Å². The van der Waals surface area contributed by atoms with Crippen molar-refractivity contribution in [2.24, 2.45) is 0 Å². The molecule has 1 heterocycles. The van der Waals surface area contributed by atoms with Gasteiger partial charge in [-0.1, -0.05) is 119 Å². The third kappa shape index (κ3) is 15.8. The number of hydrogen-bond donors (Lipinski definition) is 0. The van der Waals surface area contributed by atoms with Gasteiger partial charge < -0.3 is 9.80 Å². The lowest BCUT2D eigenvalue weighted by Gasteiger charge is -2.29. The highest BCUT2D eigenvalue weighted by Gasteiger charge is 2.23. The monoisotopic (exact) mass is 575 g/mol. The first-order valence-electron chi connectivity index (χ1n) is 17.6. The third-order valence-corrected chi connectivity index (χ3v) is 7.81. The van der Waals surface area contributed by atoms with E-state index in [-0.39, 0.29) is 5.91 Å². The van der Waals surface area contributed by atoms with Gasteiger partial charge in [-0.3, -0.25) is 9.69 Å². The average molecular weight is 575 g/mol. The maximum Gasteiger partial charge on any atom is 0.238 e. The number of carbonyl (C=O) groups excluding carboxylic acids is 1. The highest BCUT2D eigenvalue weighted by Crippen LogP contribution is 2.23. The Balaban J connectivity index is 3.57. The molecular formula is C34H66N6O. The molecule has 1 amide bonds. The number of unbranched alkanes of at least 4 members (excludes halogenated alkanes) is 12. The predicted molar refractivity (Wildman–Crippen MR) is 178 cm³/mol. The van der Waals surface area contributed by atoms with Crippen LogP contribution in [0.3, 0.4) is 0 Å². The van der Waals surface area contributed by atoms with Gasteiger partial charge in [-0.15, -0.1) is 0 Å². The minimum atomic E-state index is 0.157. The van der Waals surface area contributed by atoms with Crippen LogP contribution in [0.1, 0.15) is 164 Å². The van der Waals surface area contributed by atoms with Crippen LogP contribution in [0.5, 0.6) is 0 Å². The Hall–Kier alpha value is -1.92. The Kier molecular flexibility index (Phi) is 22.3. The van der Waals surface area contributed by atoms with Gasteiger partial charge in [0.2, 0.25) is 23.8 Å². The molecule has 0 aliphatic carbocycles. The van der Waals surface area contributed by atoms with Gasteiger partial charge in [0.15, 0.2) is 0 Å². The van der Waals surface area contributed by atoms with E-state index in [1.165, 1.54) is 51.4 Å². The number of anilines is 3. The molecule has 1 aromatic rings. The van der Waals surface area contributed by atoms with E-state index in [2.05, 4.69) is 51.3 Å². The van der Waals surface area contributed by atoms with Crippen molar-refractivity contribution in [1.29, 1.82) is 0 Å². The molecule has 0 bridgehead atoms. The van der Waals surface area contributed by atoms with E-state index >= 15 is 0 Å². The lowest BCUT2D eigenvalue weighted by molar-refractivity contribution is -0.118. The maximum absolute atomic E-state index is 13.6. The minimum absolute atomic E-state index is 0.157. The number of hydrogen-bond acceptors (Lipinski definition) is 6. The number of aromatic nitrogens is 3. The summed E-state index contributed by atoms with van der Waals surface area (Å²) in [7, 11) is 0. The van der Waals surface area contributed by atoms with E-state index in [0.29, 0.717) is 18.9 Å². The standard InChI is InChI=1S/C34H66N6O/c1-7-13-19-25-31(41)40(30-24-18-12-6)34-36-32(38(26-20-14-8-2)27-21-15-9-3)35-33(37-34)39(28-22-16-10-4)29-23-17-11-5/h7-30H2,1-6H3. The van der Waals surface area contributed by atoms with Crippen LogP contribution < -0.4 is 14.7 Å². The Morgan fingerprint density at radius 1 is 0.439 bits per heavy atom. The van der Waals surface area contributed by atoms with Crippen molar-refractivity contribution in [2.45, 2.75) is 164 Å². The molecule has 0 atom stereocenters. The molecule has 0 aromatic carbocycles. The Morgan fingerprint density at radius 2 is 0.756 bits per heavy atom. The zero-order valence-electron chi connectivity index (χ0n) is 28.1. The number of amides is 1. The average Bonchev–Trinajstić information content (AvgIpc) is 2.98. The number of nitrogens with zero attached hydrogens (tertiary/aromatic N) is 6. The molecule has 0 saturated carbocycles. The fourth-order valence-electron chi connectivity index (χ4n) is 5.10. The van der Waals surface area contributed by atoms with Crippen molar-refractivity contribution in [1.82, 2.24) is 15.0 Å². The molecule has 1 rings (SSSR count). The van der Waals surface area contributed by atoms with Gasteiger partial charge in [0.05, 0.1) is 0 Å². The van der Waals surface area contributed by atoms with Crippen LogP contribution in [-0.2, 0) is 4.79 Å². The Bertz CT molecular complexity index is 711. The predicted octanol–water partition coefficient (Wildman–Crippen LogP) is 9.35. The molecule has 0 spiro atoms.